The second-order valence-corrected chi connectivity index (χ2v) is 8.08. The largest absolute Gasteiger partial charge is 1.00 e. The van der Waals surface area contributed by atoms with Crippen molar-refractivity contribution >= 4 is 29.1 Å². The van der Waals surface area contributed by atoms with Crippen LogP contribution in [-0.4, -0.2) is 23.2 Å². The van der Waals surface area contributed by atoms with Crippen LogP contribution in [0.2, 0.25) is 0 Å². The number of methoxy groups -OCH3 is 1. The van der Waals surface area contributed by atoms with Crippen molar-refractivity contribution in [3.8, 4) is 0 Å². The van der Waals surface area contributed by atoms with Crippen LogP contribution in [0.3, 0.4) is 0 Å². The standard InChI is InChI=1S/C11H8NO2S2.C7H10NO.K/c1-14-10(13)8-3-2-4-9(7-8)16-11-12-5-6-15-11;1-7(2,3)6-4-5-8-9-6;/h2-5,7H,1H3;4H,1-3H3;/q2*-1;+1. The molecule has 0 fully saturated rings. The fourth-order valence-corrected chi connectivity index (χ4v) is 3.23. The van der Waals surface area contributed by atoms with Gasteiger partial charge >= 0.3 is 57.4 Å². The number of esters is 1. The summed E-state index contributed by atoms with van der Waals surface area (Å²) >= 11 is 2.95. The molecule has 0 saturated heterocycles. The molecular weight excluding hydrogens is 395 g/mol. The molecule has 0 amide bonds. The molecule has 5 nitrogen and oxygen atoms in total. The Morgan fingerprint density at radius 2 is 2.12 bits per heavy atom. The topological polar surface area (TPSA) is 65.2 Å². The smallest absolute Gasteiger partial charge is 0.470 e. The summed E-state index contributed by atoms with van der Waals surface area (Å²) in [6.45, 7) is 6.21. The summed E-state index contributed by atoms with van der Waals surface area (Å²) in [7, 11) is 1.37. The molecule has 0 unspecified atom stereocenters. The number of carbonyl (C=O) groups is 1. The van der Waals surface area contributed by atoms with Crippen LogP contribution in [0.25, 0.3) is 0 Å². The Balaban J connectivity index is 0.000000290. The van der Waals surface area contributed by atoms with Crippen LogP contribution in [0.1, 0.15) is 36.9 Å². The predicted octanol–water partition coefficient (Wildman–Crippen LogP) is 1.66. The van der Waals surface area contributed by atoms with Crippen molar-refractivity contribution in [1.29, 1.82) is 0 Å². The molecule has 2 heterocycles. The van der Waals surface area contributed by atoms with Gasteiger partial charge in [-0.15, -0.1) is 6.20 Å². The number of benzene rings is 1. The molecular formula is C18H18KN2O3S2-. The van der Waals surface area contributed by atoms with Crippen LogP contribution in [0.15, 0.2) is 50.3 Å². The molecule has 132 valence electrons. The van der Waals surface area contributed by atoms with E-state index >= 15 is 0 Å². The van der Waals surface area contributed by atoms with Crippen LogP contribution < -0.4 is 51.4 Å². The Kier molecular flexibility index (Phi) is 10.3. The second-order valence-electron chi connectivity index (χ2n) is 5.94. The molecule has 0 N–H and O–H groups in total. The predicted molar refractivity (Wildman–Crippen MR) is 96.9 cm³/mol. The van der Waals surface area contributed by atoms with Crippen LogP contribution in [0.5, 0.6) is 0 Å². The van der Waals surface area contributed by atoms with Gasteiger partial charge in [-0.2, -0.15) is 23.2 Å². The molecule has 0 aliphatic heterocycles. The van der Waals surface area contributed by atoms with E-state index in [1.54, 1.807) is 24.4 Å². The van der Waals surface area contributed by atoms with Crippen molar-refractivity contribution in [1.82, 2.24) is 10.1 Å². The van der Waals surface area contributed by atoms with E-state index in [1.165, 1.54) is 30.2 Å². The number of aromatic nitrogens is 2. The summed E-state index contributed by atoms with van der Waals surface area (Å²) in [5.41, 5.74) is 0.612. The molecule has 0 bridgehead atoms. The molecule has 0 atom stereocenters. The number of rotatable bonds is 3. The van der Waals surface area contributed by atoms with Crippen molar-refractivity contribution in [2.24, 2.45) is 0 Å². The van der Waals surface area contributed by atoms with E-state index in [1.807, 2.05) is 12.1 Å². The zero-order chi connectivity index (χ0) is 18.3. The van der Waals surface area contributed by atoms with E-state index < -0.39 is 0 Å². The van der Waals surface area contributed by atoms with Gasteiger partial charge in [0.25, 0.3) is 0 Å². The van der Waals surface area contributed by atoms with Gasteiger partial charge in [0.2, 0.25) is 0 Å². The van der Waals surface area contributed by atoms with Crippen LogP contribution >= 0.6 is 23.1 Å². The normalized spacial score (nSPS) is 10.3. The minimum absolute atomic E-state index is 0. The average Bonchev–Trinajstić information content (AvgIpc) is 3.28. The number of thiazole rings is 1. The van der Waals surface area contributed by atoms with E-state index in [2.05, 4.69) is 47.2 Å². The maximum atomic E-state index is 11.3. The Morgan fingerprint density at radius 3 is 2.62 bits per heavy atom. The van der Waals surface area contributed by atoms with Crippen LogP contribution in [0, 0.1) is 11.6 Å². The molecule has 3 aromatic rings. The minimum atomic E-state index is -0.326. The van der Waals surface area contributed by atoms with Crippen molar-refractivity contribution in [3.05, 3.63) is 59.4 Å². The molecule has 3 rings (SSSR count). The van der Waals surface area contributed by atoms with Crippen LogP contribution in [0.4, 0.5) is 0 Å². The molecule has 0 saturated carbocycles. The third-order valence-corrected chi connectivity index (χ3v) is 4.73. The third kappa shape index (κ3) is 7.64. The molecule has 1 aromatic carbocycles. The third-order valence-electron chi connectivity index (χ3n) is 2.96. The van der Waals surface area contributed by atoms with Gasteiger partial charge in [-0.05, 0) is 38.6 Å². The molecule has 0 spiro atoms. The first kappa shape index (κ1) is 23.6. The maximum absolute atomic E-state index is 11.3. The summed E-state index contributed by atoms with van der Waals surface area (Å²) in [6.07, 6.45) is 4.26. The Bertz CT molecular complexity index is 785. The van der Waals surface area contributed by atoms with Gasteiger partial charge < -0.3 is 25.6 Å². The van der Waals surface area contributed by atoms with Crippen LogP contribution in [-0.2, 0) is 10.2 Å². The van der Waals surface area contributed by atoms with E-state index in [0.717, 1.165) is 15.0 Å². The summed E-state index contributed by atoms with van der Waals surface area (Å²) in [6, 6.07) is 9.03. The SMILES string of the molecule is CC(C)(C)c1c[c-]no1.COC(=O)c1cccc(Sc2nc[c-]s2)c1.[K+]. The van der Waals surface area contributed by atoms with Gasteiger partial charge in [-0.1, -0.05) is 33.0 Å². The van der Waals surface area contributed by atoms with Gasteiger partial charge in [-0.3, -0.25) is 0 Å². The Morgan fingerprint density at radius 1 is 1.35 bits per heavy atom. The fourth-order valence-electron chi connectivity index (χ4n) is 1.67. The average molecular weight is 414 g/mol. The number of hydrogen-bond acceptors (Lipinski definition) is 7. The van der Waals surface area contributed by atoms with Gasteiger partial charge in [-0.25, -0.2) is 9.95 Å². The fraction of sp³-hybridized carbons (Fsp3) is 0.278. The second kappa shape index (κ2) is 11.4. The molecule has 0 radical (unpaired) electrons. The zero-order valence-electron chi connectivity index (χ0n) is 15.4. The first-order valence-electron chi connectivity index (χ1n) is 7.41. The summed E-state index contributed by atoms with van der Waals surface area (Å²) in [5, 5.41) is 6.41. The number of carbonyl (C=O) groups excluding carboxylic acids is 1. The van der Waals surface area contributed by atoms with Gasteiger partial charge in [0.15, 0.2) is 0 Å². The molecule has 8 heteroatoms. The van der Waals surface area contributed by atoms with Crippen molar-refractivity contribution in [2.75, 3.05) is 7.11 Å². The molecule has 2 aromatic heterocycles. The number of nitrogens with zero attached hydrogens (tertiary/aromatic N) is 2. The van der Waals surface area contributed by atoms with Crippen molar-refractivity contribution < 1.29 is 65.4 Å². The zero-order valence-corrected chi connectivity index (χ0v) is 20.2. The van der Waals surface area contributed by atoms with Gasteiger partial charge in [0, 0.05) is 0 Å². The summed E-state index contributed by atoms with van der Waals surface area (Å²) < 4.78 is 10.5. The quantitative estimate of drug-likeness (QED) is 0.370. The number of ether oxygens (including phenoxy) is 1. The first-order valence-corrected chi connectivity index (χ1v) is 9.05. The Hall–Kier alpha value is -0.484. The van der Waals surface area contributed by atoms with Crippen molar-refractivity contribution in [3.63, 3.8) is 0 Å². The van der Waals surface area contributed by atoms with E-state index in [4.69, 9.17) is 4.52 Å². The molecule has 0 aliphatic rings. The molecule has 0 aliphatic carbocycles. The number of hydrogen-bond donors (Lipinski definition) is 0. The van der Waals surface area contributed by atoms with E-state index in [-0.39, 0.29) is 62.8 Å². The summed E-state index contributed by atoms with van der Waals surface area (Å²) in [5.74, 6) is 0.552. The molecule has 26 heavy (non-hydrogen) atoms. The maximum Gasteiger partial charge on any atom is 1.00 e. The monoisotopic (exact) mass is 413 g/mol. The van der Waals surface area contributed by atoms with Gasteiger partial charge in [0.05, 0.1) is 12.7 Å². The van der Waals surface area contributed by atoms with E-state index in [9.17, 15) is 4.79 Å². The van der Waals surface area contributed by atoms with E-state index in [0.29, 0.717) is 5.56 Å². The summed E-state index contributed by atoms with van der Waals surface area (Å²) in [4.78, 5) is 16.4. The first-order chi connectivity index (χ1) is 11.9. The van der Waals surface area contributed by atoms with Crippen molar-refractivity contribution in [2.45, 2.75) is 35.4 Å². The Labute approximate surface area is 204 Å². The minimum Gasteiger partial charge on any atom is -0.470 e. The van der Waals surface area contributed by atoms with Gasteiger partial charge in [0.1, 0.15) is 0 Å².